The summed E-state index contributed by atoms with van der Waals surface area (Å²) in [7, 11) is 0. The minimum atomic E-state index is -0.950. The van der Waals surface area contributed by atoms with E-state index < -0.39 is 12.1 Å². The van der Waals surface area contributed by atoms with Gasteiger partial charge in [0.2, 0.25) is 0 Å². The van der Waals surface area contributed by atoms with Crippen LogP contribution in [0.5, 0.6) is 0 Å². The van der Waals surface area contributed by atoms with Crippen LogP contribution in [0, 0.1) is 0 Å². The topological polar surface area (TPSA) is 66.8 Å². The molecule has 2 N–H and O–H groups in total. The maximum atomic E-state index is 10.0. The Bertz CT molecular complexity index is 95.6. The first kappa shape index (κ1) is 12.6. The Morgan fingerprint density at radius 2 is 2.20 bits per heavy atom. The molecule has 10 heavy (non-hydrogen) atoms. The molecule has 0 aromatic rings. The predicted molar refractivity (Wildman–Crippen MR) is 29.7 cm³/mol. The van der Waals surface area contributed by atoms with E-state index >= 15 is 0 Å². The van der Waals surface area contributed by atoms with Crippen molar-refractivity contribution in [1.29, 1.82) is 0 Å². The molecule has 61 valence electrons. The number of carbonyl (C=O) groups excluding carboxylic acids is 1. The quantitative estimate of drug-likeness (QED) is 0.437. The summed E-state index contributed by atoms with van der Waals surface area (Å²) in [6.45, 7) is 0.725. The molecule has 0 fully saturated rings. The van der Waals surface area contributed by atoms with E-state index in [2.05, 4.69) is 4.74 Å². The molecule has 1 radical (unpaired) electrons. The van der Waals surface area contributed by atoms with Crippen LogP contribution in [-0.4, -0.2) is 35.5 Å². The summed E-state index contributed by atoms with van der Waals surface area (Å²) in [5, 5.41) is 16.8. The molecule has 0 spiro atoms. The summed E-state index contributed by atoms with van der Waals surface area (Å²) in [4.78, 5) is 10.0. The molecule has 0 aliphatic rings. The predicted octanol–water partition coefficient (Wildman–Crippen LogP) is -1.10. The van der Waals surface area contributed by atoms with Gasteiger partial charge >= 0.3 is 5.97 Å². The van der Waals surface area contributed by atoms with Crippen LogP contribution in [0.2, 0.25) is 0 Å². The number of ether oxygens (including phenoxy) is 1. The van der Waals surface area contributed by atoms with Crippen LogP contribution in [-0.2, 0) is 26.6 Å². The number of aliphatic hydroxyl groups is 2. The van der Waals surface area contributed by atoms with Crippen LogP contribution in [0.25, 0.3) is 0 Å². The van der Waals surface area contributed by atoms with E-state index in [9.17, 15) is 4.79 Å². The third-order valence-corrected chi connectivity index (χ3v) is 0.690. The zero-order chi connectivity index (χ0) is 7.28. The Labute approximate surface area is 69.7 Å². The molecule has 0 rings (SSSR count). The van der Waals surface area contributed by atoms with Gasteiger partial charge in [-0.15, -0.1) is 0 Å². The fraction of sp³-hybridized carbons (Fsp3) is 0.800. The van der Waals surface area contributed by atoms with Gasteiger partial charge in [-0.25, -0.2) is 0 Å². The molecule has 4 nitrogen and oxygen atoms in total. The van der Waals surface area contributed by atoms with Crippen LogP contribution in [0.15, 0.2) is 0 Å². The Balaban J connectivity index is 0. The summed E-state index contributed by atoms with van der Waals surface area (Å²) in [6, 6.07) is 0. The fourth-order valence-electron chi connectivity index (χ4n) is 0.266. The normalized spacial score (nSPS) is 11.5. The van der Waals surface area contributed by atoms with Crippen LogP contribution in [0.4, 0.5) is 0 Å². The average molecular weight is 189 g/mol. The summed E-state index contributed by atoms with van der Waals surface area (Å²) >= 11 is 0. The summed E-state index contributed by atoms with van der Waals surface area (Å²) in [5.41, 5.74) is 0. The van der Waals surface area contributed by atoms with Crippen LogP contribution in [0.3, 0.4) is 0 Å². The van der Waals surface area contributed by atoms with E-state index in [1.165, 1.54) is 6.92 Å². The van der Waals surface area contributed by atoms with Crippen molar-refractivity contribution < 1.29 is 36.8 Å². The van der Waals surface area contributed by atoms with Gasteiger partial charge in [-0.05, 0) is 0 Å². The maximum absolute atomic E-state index is 10.0. The number of hydrogen-bond acceptors (Lipinski definition) is 4. The third-order valence-electron chi connectivity index (χ3n) is 0.690. The summed E-state index contributed by atoms with van der Waals surface area (Å²) < 4.78 is 4.35. The smallest absolute Gasteiger partial charge is 0.302 e. The first-order chi connectivity index (χ1) is 4.16. The maximum Gasteiger partial charge on any atom is 0.302 e. The van der Waals surface area contributed by atoms with Gasteiger partial charge in [0.25, 0.3) is 0 Å². The molecule has 0 aliphatic carbocycles. The van der Waals surface area contributed by atoms with Crippen molar-refractivity contribution in [3.8, 4) is 0 Å². The molecule has 5 heteroatoms. The summed E-state index contributed by atoms with van der Waals surface area (Å²) in [5.74, 6) is -0.456. The van der Waals surface area contributed by atoms with E-state index in [0.717, 1.165) is 0 Å². The zero-order valence-electron chi connectivity index (χ0n) is 5.58. The molecule has 0 aromatic carbocycles. The number of rotatable bonds is 3. The largest absolute Gasteiger partial charge is 0.463 e. The minimum absolute atomic E-state index is 0. The molecule has 0 saturated carbocycles. The van der Waals surface area contributed by atoms with Crippen molar-refractivity contribution in [2.45, 2.75) is 13.0 Å². The minimum Gasteiger partial charge on any atom is -0.463 e. The van der Waals surface area contributed by atoms with Crippen molar-refractivity contribution in [3.63, 3.8) is 0 Å². The molecule has 0 aliphatic heterocycles. The van der Waals surface area contributed by atoms with Crippen LogP contribution in [0.1, 0.15) is 6.92 Å². The molecule has 1 unspecified atom stereocenters. The SMILES string of the molecule is CC(=O)OCC(O)CO.[Mn]. The first-order valence-corrected chi connectivity index (χ1v) is 2.59. The zero-order valence-corrected chi connectivity index (χ0v) is 6.76. The van der Waals surface area contributed by atoms with Crippen molar-refractivity contribution in [1.82, 2.24) is 0 Å². The van der Waals surface area contributed by atoms with Crippen molar-refractivity contribution in [2.75, 3.05) is 13.2 Å². The van der Waals surface area contributed by atoms with Gasteiger partial charge in [-0.3, -0.25) is 4.79 Å². The van der Waals surface area contributed by atoms with E-state index in [-0.39, 0.29) is 30.3 Å². The Kier molecular flexibility index (Phi) is 8.83. The molecule has 0 aromatic heterocycles. The number of carbonyl (C=O) groups is 1. The standard InChI is InChI=1S/C5H10O4.Mn/c1-4(7)9-3-5(8)2-6;/h5-6,8H,2-3H2,1H3;. The molecule has 1 atom stereocenters. The monoisotopic (exact) mass is 189 g/mol. The van der Waals surface area contributed by atoms with E-state index in [4.69, 9.17) is 10.2 Å². The van der Waals surface area contributed by atoms with E-state index in [1.54, 1.807) is 0 Å². The number of esters is 1. The molecular weight excluding hydrogens is 179 g/mol. The van der Waals surface area contributed by atoms with Gasteiger partial charge in [0.1, 0.15) is 12.7 Å². The molecule has 0 heterocycles. The van der Waals surface area contributed by atoms with Crippen molar-refractivity contribution in [2.24, 2.45) is 0 Å². The first-order valence-electron chi connectivity index (χ1n) is 2.59. The van der Waals surface area contributed by atoms with Crippen LogP contribution >= 0.6 is 0 Å². The van der Waals surface area contributed by atoms with Crippen molar-refractivity contribution >= 4 is 5.97 Å². The van der Waals surface area contributed by atoms with Gasteiger partial charge in [0, 0.05) is 24.0 Å². The number of aliphatic hydroxyl groups excluding tert-OH is 2. The molecule has 0 bridgehead atoms. The second-order valence-corrected chi connectivity index (χ2v) is 1.64. The van der Waals surface area contributed by atoms with E-state index in [1.807, 2.05) is 0 Å². The second kappa shape index (κ2) is 7.02. The fourth-order valence-corrected chi connectivity index (χ4v) is 0.266. The Morgan fingerprint density at radius 1 is 1.70 bits per heavy atom. The third kappa shape index (κ3) is 7.91. The second-order valence-electron chi connectivity index (χ2n) is 1.64. The Hall–Kier alpha value is -0.0905. The van der Waals surface area contributed by atoms with E-state index in [0.29, 0.717) is 0 Å². The van der Waals surface area contributed by atoms with Gasteiger partial charge < -0.3 is 14.9 Å². The molecule has 0 amide bonds. The molecule has 0 saturated heterocycles. The summed E-state index contributed by atoms with van der Waals surface area (Å²) in [6.07, 6.45) is -0.950. The van der Waals surface area contributed by atoms with Gasteiger partial charge in [0.15, 0.2) is 0 Å². The average Bonchev–Trinajstić information content (AvgIpc) is 1.83. The van der Waals surface area contributed by atoms with Gasteiger partial charge in [0.05, 0.1) is 6.61 Å². The Morgan fingerprint density at radius 3 is 2.50 bits per heavy atom. The van der Waals surface area contributed by atoms with Crippen LogP contribution < -0.4 is 0 Å². The number of hydrogen-bond donors (Lipinski definition) is 2. The molecular formula is C5H10MnO4. The van der Waals surface area contributed by atoms with Gasteiger partial charge in [-0.2, -0.15) is 0 Å². The van der Waals surface area contributed by atoms with Crippen molar-refractivity contribution in [3.05, 3.63) is 0 Å². The van der Waals surface area contributed by atoms with Gasteiger partial charge in [-0.1, -0.05) is 0 Å².